The van der Waals surface area contributed by atoms with Crippen molar-refractivity contribution in [2.24, 2.45) is 0 Å². The van der Waals surface area contributed by atoms with Crippen LogP contribution in [0, 0.1) is 0 Å². The van der Waals surface area contributed by atoms with Gasteiger partial charge in [0.05, 0.1) is 0 Å². The van der Waals surface area contributed by atoms with Crippen molar-refractivity contribution in [2.75, 3.05) is 13.2 Å². The second-order valence-corrected chi connectivity index (χ2v) is 1.61. The Morgan fingerprint density at radius 3 is 1.62 bits per heavy atom. The molecule has 0 saturated heterocycles. The van der Waals surface area contributed by atoms with E-state index in [4.69, 9.17) is 4.74 Å². The Morgan fingerprint density at radius 1 is 1.00 bits per heavy atom. The molecule has 0 bridgehead atoms. The molecule has 0 fully saturated rings. The third kappa shape index (κ3) is 10.0. The van der Waals surface area contributed by atoms with E-state index in [0.717, 1.165) is 26.1 Å². The summed E-state index contributed by atoms with van der Waals surface area (Å²) in [5, 5.41) is 0. The maximum absolute atomic E-state index is 5.13. The van der Waals surface area contributed by atoms with Crippen molar-refractivity contribution >= 4 is 29.6 Å². The standard InChI is InChI=1S/C6H14O.Na.H/c1-3-5-7-6-4-2;;/h3-6H2,1-2H3;;. The molecule has 0 spiro atoms. The van der Waals surface area contributed by atoms with Gasteiger partial charge in [0.15, 0.2) is 0 Å². The van der Waals surface area contributed by atoms with Crippen LogP contribution in [0.2, 0.25) is 0 Å². The predicted molar refractivity (Wildman–Crippen MR) is 38.5 cm³/mol. The van der Waals surface area contributed by atoms with Crippen LogP contribution in [0.1, 0.15) is 26.7 Å². The third-order valence-corrected chi connectivity index (χ3v) is 0.697. The average molecular weight is 126 g/mol. The Balaban J connectivity index is 0. The molecule has 0 heterocycles. The van der Waals surface area contributed by atoms with E-state index in [1.807, 2.05) is 0 Å². The number of rotatable bonds is 4. The fraction of sp³-hybridized carbons (Fsp3) is 1.00. The monoisotopic (exact) mass is 126 g/mol. The van der Waals surface area contributed by atoms with Crippen molar-refractivity contribution in [1.82, 2.24) is 0 Å². The van der Waals surface area contributed by atoms with Gasteiger partial charge in [0, 0.05) is 13.2 Å². The van der Waals surface area contributed by atoms with Gasteiger partial charge in [0.2, 0.25) is 0 Å². The van der Waals surface area contributed by atoms with E-state index in [-0.39, 0.29) is 29.6 Å². The van der Waals surface area contributed by atoms with Gasteiger partial charge in [-0.3, -0.25) is 0 Å². The van der Waals surface area contributed by atoms with Crippen LogP contribution < -0.4 is 0 Å². The molecule has 0 aromatic rings. The first-order chi connectivity index (χ1) is 3.41. The van der Waals surface area contributed by atoms with Gasteiger partial charge in [0.25, 0.3) is 0 Å². The molecule has 0 aliphatic rings. The summed E-state index contributed by atoms with van der Waals surface area (Å²) in [5.41, 5.74) is 0. The Bertz CT molecular complexity index is 27.7. The van der Waals surface area contributed by atoms with Gasteiger partial charge < -0.3 is 4.74 Å². The summed E-state index contributed by atoms with van der Waals surface area (Å²) in [6.45, 7) is 6.09. The zero-order valence-corrected chi connectivity index (χ0v) is 5.24. The minimum atomic E-state index is 0. The summed E-state index contributed by atoms with van der Waals surface area (Å²) < 4.78 is 5.13. The first-order valence-electron chi connectivity index (χ1n) is 2.99. The molecule has 0 atom stereocenters. The summed E-state index contributed by atoms with van der Waals surface area (Å²) >= 11 is 0. The Kier molecular flexibility index (Phi) is 15.9. The fourth-order valence-corrected chi connectivity index (χ4v) is 0.391. The zero-order valence-electron chi connectivity index (χ0n) is 5.24. The van der Waals surface area contributed by atoms with Crippen molar-refractivity contribution in [3.8, 4) is 0 Å². The second kappa shape index (κ2) is 10.9. The van der Waals surface area contributed by atoms with Crippen LogP contribution in [0.4, 0.5) is 0 Å². The van der Waals surface area contributed by atoms with Crippen molar-refractivity contribution < 1.29 is 4.74 Å². The molecule has 0 amide bonds. The molecule has 0 aliphatic carbocycles. The van der Waals surface area contributed by atoms with E-state index in [1.165, 1.54) is 0 Å². The van der Waals surface area contributed by atoms with Gasteiger partial charge in [-0.25, -0.2) is 0 Å². The molecule has 0 radical (unpaired) electrons. The average Bonchev–Trinajstić information content (AvgIpc) is 1.69. The quantitative estimate of drug-likeness (QED) is 0.406. The first kappa shape index (κ1) is 11.7. The van der Waals surface area contributed by atoms with Gasteiger partial charge >= 0.3 is 29.6 Å². The van der Waals surface area contributed by atoms with Crippen LogP contribution >= 0.6 is 0 Å². The molecule has 0 aromatic carbocycles. The van der Waals surface area contributed by atoms with Crippen LogP contribution in [-0.2, 0) is 4.74 Å². The summed E-state index contributed by atoms with van der Waals surface area (Å²) in [7, 11) is 0. The van der Waals surface area contributed by atoms with Crippen LogP contribution in [-0.4, -0.2) is 42.8 Å². The summed E-state index contributed by atoms with van der Waals surface area (Å²) in [6, 6.07) is 0. The van der Waals surface area contributed by atoms with Gasteiger partial charge in [0.1, 0.15) is 0 Å². The fourth-order valence-electron chi connectivity index (χ4n) is 0.391. The predicted octanol–water partition coefficient (Wildman–Crippen LogP) is 1.17. The Labute approximate surface area is 74.1 Å². The molecule has 1 nitrogen and oxygen atoms in total. The molecule has 8 heavy (non-hydrogen) atoms. The summed E-state index contributed by atoms with van der Waals surface area (Å²) in [4.78, 5) is 0. The van der Waals surface area contributed by atoms with Crippen LogP contribution in [0.3, 0.4) is 0 Å². The van der Waals surface area contributed by atoms with Crippen LogP contribution in [0.5, 0.6) is 0 Å². The van der Waals surface area contributed by atoms with Gasteiger partial charge in [-0.05, 0) is 12.8 Å². The SMILES string of the molecule is CCCOCCC.[NaH]. The van der Waals surface area contributed by atoms with Crippen molar-refractivity contribution in [1.29, 1.82) is 0 Å². The van der Waals surface area contributed by atoms with Crippen molar-refractivity contribution in [2.45, 2.75) is 26.7 Å². The topological polar surface area (TPSA) is 9.23 Å². The van der Waals surface area contributed by atoms with E-state index in [1.54, 1.807) is 0 Å². The molecule has 46 valence electrons. The summed E-state index contributed by atoms with van der Waals surface area (Å²) in [6.07, 6.45) is 2.28. The molecule has 0 saturated carbocycles. The van der Waals surface area contributed by atoms with E-state index < -0.39 is 0 Å². The van der Waals surface area contributed by atoms with E-state index in [9.17, 15) is 0 Å². The molecule has 0 N–H and O–H groups in total. The molecule has 0 rings (SSSR count). The third-order valence-electron chi connectivity index (χ3n) is 0.697. The second-order valence-electron chi connectivity index (χ2n) is 1.61. The van der Waals surface area contributed by atoms with Gasteiger partial charge in [-0.2, -0.15) is 0 Å². The molecule has 2 heteroatoms. The number of hydrogen-bond acceptors (Lipinski definition) is 1. The minimum absolute atomic E-state index is 0. The number of hydrogen-bond donors (Lipinski definition) is 0. The Hall–Kier alpha value is 0.960. The van der Waals surface area contributed by atoms with Crippen molar-refractivity contribution in [3.05, 3.63) is 0 Å². The zero-order chi connectivity index (χ0) is 5.54. The van der Waals surface area contributed by atoms with E-state index in [2.05, 4.69) is 13.8 Å². The molecular weight excluding hydrogens is 111 g/mol. The van der Waals surface area contributed by atoms with Gasteiger partial charge in [-0.1, -0.05) is 13.8 Å². The molecule has 0 aromatic heterocycles. The first-order valence-corrected chi connectivity index (χ1v) is 2.99. The van der Waals surface area contributed by atoms with Gasteiger partial charge in [-0.15, -0.1) is 0 Å². The van der Waals surface area contributed by atoms with E-state index >= 15 is 0 Å². The Morgan fingerprint density at radius 2 is 1.38 bits per heavy atom. The summed E-state index contributed by atoms with van der Waals surface area (Å²) in [5.74, 6) is 0. The van der Waals surface area contributed by atoms with E-state index in [0.29, 0.717) is 0 Å². The molecular formula is C6H15NaO. The van der Waals surface area contributed by atoms with Crippen LogP contribution in [0.25, 0.3) is 0 Å². The molecule has 0 unspecified atom stereocenters. The van der Waals surface area contributed by atoms with Crippen LogP contribution in [0.15, 0.2) is 0 Å². The molecule has 0 aliphatic heterocycles. The normalized spacial score (nSPS) is 8.25. The number of ether oxygens (including phenoxy) is 1. The van der Waals surface area contributed by atoms with Crippen molar-refractivity contribution in [3.63, 3.8) is 0 Å². The maximum atomic E-state index is 5.13.